The van der Waals surface area contributed by atoms with Crippen molar-refractivity contribution in [1.29, 1.82) is 0 Å². The zero-order chi connectivity index (χ0) is 15.9. The van der Waals surface area contributed by atoms with Gasteiger partial charge in [0.1, 0.15) is 0 Å². The number of carbonyl (C=O) groups excluding carboxylic acids is 1. The van der Waals surface area contributed by atoms with Crippen LogP contribution in [0.3, 0.4) is 0 Å². The minimum Gasteiger partial charge on any atom is -0.469 e. The van der Waals surface area contributed by atoms with E-state index in [-0.39, 0.29) is 11.9 Å². The number of methoxy groups -OCH3 is 1. The number of carbonyl (C=O) groups is 1. The number of piperidine rings is 1. The van der Waals surface area contributed by atoms with E-state index in [9.17, 15) is 4.79 Å². The zero-order valence-corrected chi connectivity index (χ0v) is 13.6. The predicted molar refractivity (Wildman–Crippen MR) is 84.3 cm³/mol. The van der Waals surface area contributed by atoms with Crippen molar-refractivity contribution in [3.05, 3.63) is 18.0 Å². The number of ether oxygens (including phenoxy) is 1. The van der Waals surface area contributed by atoms with Crippen LogP contribution >= 0.6 is 0 Å². The van der Waals surface area contributed by atoms with Crippen molar-refractivity contribution in [2.75, 3.05) is 26.7 Å². The Morgan fingerprint density at radius 2 is 2.23 bits per heavy atom. The van der Waals surface area contributed by atoms with Crippen molar-refractivity contribution < 1.29 is 9.53 Å². The molecule has 0 atom stereocenters. The van der Waals surface area contributed by atoms with Gasteiger partial charge in [0, 0.05) is 38.4 Å². The third kappa shape index (κ3) is 4.22. The Kier molecular flexibility index (Phi) is 5.80. The molecule has 1 N–H and O–H groups in total. The number of likely N-dealkylation sites (tertiary alicyclic amines) is 1. The number of nitrogens with one attached hydrogen (secondary N) is 1. The smallest absolute Gasteiger partial charge is 0.308 e. The first-order valence-electron chi connectivity index (χ1n) is 7.72. The van der Waals surface area contributed by atoms with E-state index in [4.69, 9.17) is 4.74 Å². The van der Waals surface area contributed by atoms with Crippen LogP contribution in [0.4, 0.5) is 0 Å². The summed E-state index contributed by atoms with van der Waals surface area (Å²) in [6.07, 6.45) is 5.42. The monoisotopic (exact) mass is 307 g/mol. The molecular weight excluding hydrogens is 282 g/mol. The number of aromatic nitrogens is 2. The van der Waals surface area contributed by atoms with Crippen LogP contribution in [0.2, 0.25) is 0 Å². The number of hydrogen-bond donors (Lipinski definition) is 1. The van der Waals surface area contributed by atoms with Crippen molar-refractivity contribution >= 4 is 11.9 Å². The lowest BCUT2D eigenvalue weighted by molar-refractivity contribution is -0.146. The molecule has 0 bridgehead atoms. The fraction of sp³-hybridized carbons (Fsp3) is 0.667. The van der Waals surface area contributed by atoms with Crippen LogP contribution in [0.5, 0.6) is 0 Å². The molecule has 1 fully saturated rings. The first-order valence-corrected chi connectivity index (χ1v) is 7.72. The van der Waals surface area contributed by atoms with Crippen LogP contribution in [-0.2, 0) is 23.1 Å². The second kappa shape index (κ2) is 7.82. The minimum absolute atomic E-state index is 0.0162. The lowest BCUT2D eigenvalue weighted by Crippen LogP contribution is -2.46. The Morgan fingerprint density at radius 1 is 1.50 bits per heavy atom. The molecule has 0 aliphatic carbocycles. The van der Waals surface area contributed by atoms with Crippen LogP contribution in [0.15, 0.2) is 17.4 Å². The molecule has 1 aliphatic rings. The molecule has 1 saturated heterocycles. The second-order valence-corrected chi connectivity index (χ2v) is 5.48. The predicted octanol–water partition coefficient (Wildman–Crippen LogP) is 0.771. The number of esters is 1. The van der Waals surface area contributed by atoms with E-state index < -0.39 is 0 Å². The summed E-state index contributed by atoms with van der Waals surface area (Å²) in [5.74, 6) is 0.814. The highest BCUT2D eigenvalue weighted by atomic mass is 16.5. The van der Waals surface area contributed by atoms with E-state index in [0.717, 1.165) is 44.0 Å². The highest BCUT2D eigenvalue weighted by Gasteiger charge is 2.26. The average Bonchev–Trinajstić information content (AvgIpc) is 2.96. The maximum absolute atomic E-state index is 11.6. The van der Waals surface area contributed by atoms with Gasteiger partial charge >= 0.3 is 5.97 Å². The second-order valence-electron chi connectivity index (χ2n) is 5.48. The Hall–Kier alpha value is -2.05. The van der Waals surface area contributed by atoms with Gasteiger partial charge in [-0.3, -0.25) is 9.48 Å². The first kappa shape index (κ1) is 16.3. The van der Waals surface area contributed by atoms with Gasteiger partial charge in [-0.2, -0.15) is 5.10 Å². The van der Waals surface area contributed by atoms with E-state index in [1.807, 2.05) is 19.4 Å². The Balaban J connectivity index is 1.95. The van der Waals surface area contributed by atoms with E-state index in [1.165, 1.54) is 7.11 Å². The van der Waals surface area contributed by atoms with Gasteiger partial charge in [-0.15, -0.1) is 0 Å². The molecule has 1 aliphatic heterocycles. The van der Waals surface area contributed by atoms with E-state index >= 15 is 0 Å². The van der Waals surface area contributed by atoms with Crippen molar-refractivity contribution in [1.82, 2.24) is 20.0 Å². The average molecular weight is 307 g/mol. The molecule has 0 amide bonds. The summed E-state index contributed by atoms with van der Waals surface area (Å²) in [4.78, 5) is 18.5. The zero-order valence-electron chi connectivity index (χ0n) is 13.6. The normalized spacial score (nSPS) is 16.7. The number of hydrogen-bond acceptors (Lipinski definition) is 4. The van der Waals surface area contributed by atoms with E-state index in [2.05, 4.69) is 27.2 Å². The summed E-state index contributed by atoms with van der Waals surface area (Å²) in [7, 11) is 3.35. The summed E-state index contributed by atoms with van der Waals surface area (Å²) < 4.78 is 6.61. The third-order valence-corrected chi connectivity index (χ3v) is 3.83. The number of nitrogens with zero attached hydrogens (tertiary/aromatic N) is 4. The van der Waals surface area contributed by atoms with Gasteiger partial charge in [-0.25, -0.2) is 4.99 Å². The van der Waals surface area contributed by atoms with Gasteiger partial charge in [-0.1, -0.05) is 0 Å². The van der Waals surface area contributed by atoms with Gasteiger partial charge in [0.25, 0.3) is 0 Å². The highest BCUT2D eigenvalue weighted by molar-refractivity contribution is 5.80. The van der Waals surface area contributed by atoms with Gasteiger partial charge in [0.05, 0.1) is 25.8 Å². The quantitative estimate of drug-likeness (QED) is 0.505. The SMILES string of the molecule is CCNC(=NCc1cnn(C)c1)N1CCC(C(=O)OC)CC1. The Bertz CT molecular complexity index is 518. The molecule has 0 unspecified atom stereocenters. The van der Waals surface area contributed by atoms with Crippen LogP contribution in [-0.4, -0.2) is 53.4 Å². The minimum atomic E-state index is -0.100. The van der Waals surface area contributed by atoms with Gasteiger partial charge < -0.3 is 15.0 Å². The molecule has 122 valence electrons. The Morgan fingerprint density at radius 3 is 2.77 bits per heavy atom. The molecule has 2 heterocycles. The number of rotatable bonds is 4. The summed E-state index contributed by atoms with van der Waals surface area (Å²) >= 11 is 0. The Labute approximate surface area is 131 Å². The topological polar surface area (TPSA) is 71.8 Å². The fourth-order valence-electron chi connectivity index (χ4n) is 2.64. The molecule has 7 nitrogen and oxygen atoms in total. The molecule has 7 heteroatoms. The van der Waals surface area contributed by atoms with Crippen molar-refractivity contribution in [2.24, 2.45) is 18.0 Å². The molecule has 0 saturated carbocycles. The van der Waals surface area contributed by atoms with Crippen molar-refractivity contribution in [2.45, 2.75) is 26.3 Å². The summed E-state index contributed by atoms with van der Waals surface area (Å²) in [5, 5.41) is 7.47. The van der Waals surface area contributed by atoms with Gasteiger partial charge in [0.2, 0.25) is 0 Å². The molecule has 1 aromatic heterocycles. The lowest BCUT2D eigenvalue weighted by Gasteiger charge is -2.33. The van der Waals surface area contributed by atoms with Crippen molar-refractivity contribution in [3.8, 4) is 0 Å². The molecule has 1 aromatic rings. The number of aryl methyl sites for hydroxylation is 1. The van der Waals surface area contributed by atoms with E-state index in [0.29, 0.717) is 6.54 Å². The largest absolute Gasteiger partial charge is 0.469 e. The number of guanidine groups is 1. The lowest BCUT2D eigenvalue weighted by atomic mass is 9.97. The van der Waals surface area contributed by atoms with Crippen molar-refractivity contribution in [3.63, 3.8) is 0 Å². The van der Waals surface area contributed by atoms with Crippen LogP contribution in [0.25, 0.3) is 0 Å². The van der Waals surface area contributed by atoms with Crippen LogP contribution < -0.4 is 5.32 Å². The summed E-state index contributed by atoms with van der Waals surface area (Å²) in [6, 6.07) is 0. The standard InChI is InChI=1S/C15H25N5O2/c1-4-16-15(17-9-12-10-18-19(2)11-12)20-7-5-13(6-8-20)14(21)22-3/h10-11,13H,4-9H2,1-3H3,(H,16,17). The van der Waals surface area contributed by atoms with Gasteiger partial charge in [0.15, 0.2) is 5.96 Å². The fourth-order valence-corrected chi connectivity index (χ4v) is 2.64. The molecule has 0 spiro atoms. The number of aliphatic imine (C=N–C) groups is 1. The highest BCUT2D eigenvalue weighted by Crippen LogP contribution is 2.18. The first-order chi connectivity index (χ1) is 10.6. The maximum Gasteiger partial charge on any atom is 0.308 e. The van der Waals surface area contributed by atoms with E-state index in [1.54, 1.807) is 4.68 Å². The summed E-state index contributed by atoms with van der Waals surface area (Å²) in [5.41, 5.74) is 1.09. The third-order valence-electron chi connectivity index (χ3n) is 3.83. The molecule has 2 rings (SSSR count). The molecular formula is C15H25N5O2. The molecule has 0 radical (unpaired) electrons. The maximum atomic E-state index is 11.6. The molecule has 0 aromatic carbocycles. The molecule has 22 heavy (non-hydrogen) atoms. The summed E-state index contributed by atoms with van der Waals surface area (Å²) in [6.45, 7) is 5.12. The van der Waals surface area contributed by atoms with Crippen LogP contribution in [0, 0.1) is 5.92 Å². The van der Waals surface area contributed by atoms with Gasteiger partial charge in [-0.05, 0) is 19.8 Å². The van der Waals surface area contributed by atoms with Crippen LogP contribution in [0.1, 0.15) is 25.3 Å².